The molecule has 0 radical (unpaired) electrons. The zero-order valence-electron chi connectivity index (χ0n) is 14.6. The standard InChI is InChI=1S/C19H22N2O4S/c1-26(23,24)21-12-10-15-14-16(8-9-18(15)21)19(22)20-11-5-13-25-17-6-3-2-4-7-17/h2-4,6-9,14H,5,10-13H2,1H3,(H,20,22). The number of hydrogen-bond donors (Lipinski definition) is 1. The molecule has 1 aliphatic heterocycles. The second kappa shape index (κ2) is 7.78. The van der Waals surface area contributed by atoms with Gasteiger partial charge in [0.1, 0.15) is 5.75 Å². The van der Waals surface area contributed by atoms with Crippen LogP contribution in [0.15, 0.2) is 48.5 Å². The molecule has 0 aromatic heterocycles. The number of hydrogen-bond acceptors (Lipinski definition) is 4. The average Bonchev–Trinajstić information content (AvgIpc) is 3.05. The number of ether oxygens (including phenoxy) is 1. The Morgan fingerprint density at radius 2 is 1.96 bits per heavy atom. The summed E-state index contributed by atoms with van der Waals surface area (Å²) in [7, 11) is -3.27. The highest BCUT2D eigenvalue weighted by Gasteiger charge is 2.26. The molecule has 1 heterocycles. The predicted molar refractivity (Wildman–Crippen MR) is 101 cm³/mol. The maximum Gasteiger partial charge on any atom is 0.251 e. The van der Waals surface area contributed by atoms with Gasteiger partial charge in [0.2, 0.25) is 10.0 Å². The quantitative estimate of drug-likeness (QED) is 0.754. The fourth-order valence-corrected chi connectivity index (χ4v) is 3.90. The van der Waals surface area contributed by atoms with Crippen LogP contribution in [0.3, 0.4) is 0 Å². The molecule has 0 fully saturated rings. The summed E-state index contributed by atoms with van der Waals surface area (Å²) in [6, 6.07) is 14.7. The van der Waals surface area contributed by atoms with Gasteiger partial charge in [-0.25, -0.2) is 8.42 Å². The van der Waals surface area contributed by atoms with E-state index in [9.17, 15) is 13.2 Å². The minimum atomic E-state index is -3.27. The fourth-order valence-electron chi connectivity index (χ4n) is 2.94. The van der Waals surface area contributed by atoms with Crippen LogP contribution in [0.1, 0.15) is 22.3 Å². The van der Waals surface area contributed by atoms with Gasteiger partial charge in [-0.1, -0.05) is 18.2 Å². The van der Waals surface area contributed by atoms with Crippen LogP contribution in [-0.4, -0.2) is 40.3 Å². The Balaban J connectivity index is 1.50. The minimum Gasteiger partial charge on any atom is -0.494 e. The van der Waals surface area contributed by atoms with Crippen LogP contribution >= 0.6 is 0 Å². The number of amides is 1. The van der Waals surface area contributed by atoms with Crippen molar-refractivity contribution in [2.24, 2.45) is 0 Å². The number of benzene rings is 2. The largest absolute Gasteiger partial charge is 0.494 e. The molecule has 26 heavy (non-hydrogen) atoms. The molecule has 0 unspecified atom stereocenters. The van der Waals surface area contributed by atoms with Crippen molar-refractivity contribution in [1.29, 1.82) is 0 Å². The van der Waals surface area contributed by atoms with Crippen molar-refractivity contribution in [2.45, 2.75) is 12.8 Å². The summed E-state index contributed by atoms with van der Waals surface area (Å²) in [5.74, 6) is 0.651. The lowest BCUT2D eigenvalue weighted by molar-refractivity contribution is 0.0951. The smallest absolute Gasteiger partial charge is 0.251 e. The van der Waals surface area contributed by atoms with Crippen molar-refractivity contribution in [3.05, 3.63) is 59.7 Å². The molecule has 1 aliphatic rings. The van der Waals surface area contributed by atoms with Gasteiger partial charge in [0.15, 0.2) is 0 Å². The van der Waals surface area contributed by atoms with Gasteiger partial charge >= 0.3 is 0 Å². The number of carbonyl (C=O) groups excluding carboxylic acids is 1. The van der Waals surface area contributed by atoms with E-state index in [2.05, 4.69) is 5.32 Å². The van der Waals surface area contributed by atoms with E-state index < -0.39 is 10.0 Å². The van der Waals surface area contributed by atoms with Crippen LogP contribution in [-0.2, 0) is 16.4 Å². The molecule has 0 saturated carbocycles. The Hall–Kier alpha value is -2.54. The van der Waals surface area contributed by atoms with Crippen LogP contribution in [0.2, 0.25) is 0 Å². The van der Waals surface area contributed by atoms with E-state index in [-0.39, 0.29) is 5.91 Å². The molecule has 3 rings (SSSR count). The number of sulfonamides is 1. The topological polar surface area (TPSA) is 75.7 Å². The minimum absolute atomic E-state index is 0.162. The van der Waals surface area contributed by atoms with Gasteiger partial charge in [-0.15, -0.1) is 0 Å². The number of rotatable bonds is 7. The average molecular weight is 374 g/mol. The van der Waals surface area contributed by atoms with Crippen molar-refractivity contribution in [2.75, 3.05) is 30.3 Å². The Morgan fingerprint density at radius 1 is 1.19 bits per heavy atom. The first kappa shape index (κ1) is 18.3. The molecule has 7 heteroatoms. The summed E-state index contributed by atoms with van der Waals surface area (Å²) in [4.78, 5) is 12.3. The SMILES string of the molecule is CS(=O)(=O)N1CCc2cc(C(=O)NCCCOc3ccccc3)ccc21. The molecule has 0 aliphatic carbocycles. The van der Waals surface area contributed by atoms with Crippen LogP contribution in [0.25, 0.3) is 0 Å². The lowest BCUT2D eigenvalue weighted by Gasteiger charge is -2.16. The van der Waals surface area contributed by atoms with Crippen LogP contribution in [0.5, 0.6) is 5.75 Å². The van der Waals surface area contributed by atoms with E-state index in [4.69, 9.17) is 4.74 Å². The van der Waals surface area contributed by atoms with Crippen molar-refractivity contribution in [1.82, 2.24) is 5.32 Å². The number of fused-ring (bicyclic) bond motifs is 1. The molecule has 0 atom stereocenters. The van der Waals surface area contributed by atoms with Gasteiger partial charge in [0.25, 0.3) is 5.91 Å². The van der Waals surface area contributed by atoms with E-state index in [1.54, 1.807) is 18.2 Å². The second-order valence-corrected chi connectivity index (χ2v) is 8.11. The Morgan fingerprint density at radius 3 is 2.69 bits per heavy atom. The van der Waals surface area contributed by atoms with Crippen LogP contribution in [0, 0.1) is 0 Å². The zero-order chi connectivity index (χ0) is 18.6. The molecular formula is C19H22N2O4S. The van der Waals surface area contributed by atoms with Gasteiger partial charge in [0, 0.05) is 18.7 Å². The number of anilines is 1. The zero-order valence-corrected chi connectivity index (χ0v) is 15.5. The second-order valence-electron chi connectivity index (χ2n) is 6.20. The van der Waals surface area contributed by atoms with E-state index >= 15 is 0 Å². The summed E-state index contributed by atoms with van der Waals surface area (Å²) in [6.07, 6.45) is 2.52. The lowest BCUT2D eigenvalue weighted by atomic mass is 10.1. The van der Waals surface area contributed by atoms with Crippen LogP contribution in [0.4, 0.5) is 5.69 Å². The van der Waals surface area contributed by atoms with Gasteiger partial charge in [-0.05, 0) is 48.7 Å². The van der Waals surface area contributed by atoms with Crippen LogP contribution < -0.4 is 14.4 Å². The Labute approximate surface area is 153 Å². The lowest BCUT2D eigenvalue weighted by Crippen LogP contribution is -2.27. The van der Waals surface area contributed by atoms with Crippen molar-refractivity contribution in [3.8, 4) is 5.75 Å². The van der Waals surface area contributed by atoms with E-state index in [0.717, 1.165) is 11.3 Å². The number of nitrogens with zero attached hydrogens (tertiary/aromatic N) is 1. The maximum absolute atomic E-state index is 12.3. The Bertz CT molecular complexity index is 882. The normalized spacial score (nSPS) is 13.3. The first-order chi connectivity index (χ1) is 12.4. The van der Waals surface area contributed by atoms with Gasteiger partial charge in [0.05, 0.1) is 18.6 Å². The maximum atomic E-state index is 12.3. The molecule has 0 saturated heterocycles. The fraction of sp³-hybridized carbons (Fsp3) is 0.316. The monoisotopic (exact) mass is 374 g/mol. The van der Waals surface area contributed by atoms with Crippen molar-refractivity contribution >= 4 is 21.6 Å². The van der Waals surface area contributed by atoms with Crippen molar-refractivity contribution in [3.63, 3.8) is 0 Å². The molecule has 1 N–H and O–H groups in total. The molecule has 1 amide bonds. The summed E-state index contributed by atoms with van der Waals surface area (Å²) >= 11 is 0. The molecule has 6 nitrogen and oxygen atoms in total. The third-order valence-corrected chi connectivity index (χ3v) is 5.39. The van der Waals surface area contributed by atoms with Gasteiger partial charge in [-0.3, -0.25) is 9.10 Å². The highest BCUT2D eigenvalue weighted by Crippen LogP contribution is 2.30. The molecule has 0 spiro atoms. The summed E-state index contributed by atoms with van der Waals surface area (Å²) < 4.78 is 30.5. The van der Waals surface area contributed by atoms with E-state index in [1.807, 2.05) is 30.3 Å². The number of carbonyl (C=O) groups is 1. The van der Waals surface area contributed by atoms with E-state index in [0.29, 0.717) is 43.8 Å². The summed E-state index contributed by atoms with van der Waals surface area (Å²) in [5.41, 5.74) is 2.10. The first-order valence-corrected chi connectivity index (χ1v) is 10.4. The van der Waals surface area contributed by atoms with E-state index in [1.165, 1.54) is 10.6 Å². The highest BCUT2D eigenvalue weighted by molar-refractivity contribution is 7.92. The summed E-state index contributed by atoms with van der Waals surface area (Å²) in [6.45, 7) is 1.46. The highest BCUT2D eigenvalue weighted by atomic mass is 32.2. The molecule has 138 valence electrons. The number of nitrogens with one attached hydrogen (secondary N) is 1. The first-order valence-electron chi connectivity index (χ1n) is 8.52. The molecular weight excluding hydrogens is 352 g/mol. The van der Waals surface area contributed by atoms with Crippen molar-refractivity contribution < 1.29 is 17.9 Å². The van der Waals surface area contributed by atoms with Gasteiger partial charge < -0.3 is 10.1 Å². The molecule has 2 aromatic carbocycles. The van der Waals surface area contributed by atoms with Gasteiger partial charge in [-0.2, -0.15) is 0 Å². The Kier molecular flexibility index (Phi) is 5.46. The molecule has 2 aromatic rings. The third-order valence-electron chi connectivity index (χ3n) is 4.21. The summed E-state index contributed by atoms with van der Waals surface area (Å²) in [5, 5.41) is 2.87. The number of para-hydroxylation sites is 1. The predicted octanol–water partition coefficient (Wildman–Crippen LogP) is 2.21. The molecule has 0 bridgehead atoms. The third kappa shape index (κ3) is 4.35.